The van der Waals surface area contributed by atoms with Crippen molar-refractivity contribution < 1.29 is 13.9 Å². The average molecular weight is 258 g/mol. The van der Waals surface area contributed by atoms with Gasteiger partial charge in [-0.05, 0) is 42.3 Å². The van der Waals surface area contributed by atoms with Gasteiger partial charge in [0.2, 0.25) is 0 Å². The van der Waals surface area contributed by atoms with Gasteiger partial charge < -0.3 is 9.15 Å². The minimum Gasteiger partial charge on any atom is -0.494 e. The molecular formula is C16H18O3. The molecule has 0 aliphatic carbocycles. The number of benzene rings is 1. The highest BCUT2D eigenvalue weighted by Gasteiger charge is 2.08. The van der Waals surface area contributed by atoms with Crippen LogP contribution in [0.5, 0.6) is 5.75 Å². The van der Waals surface area contributed by atoms with Gasteiger partial charge in [-0.25, -0.2) is 0 Å². The summed E-state index contributed by atoms with van der Waals surface area (Å²) in [5.74, 6) is 0.898. The Morgan fingerprint density at radius 1 is 1.21 bits per heavy atom. The number of carbonyl (C=O) groups excluding carboxylic acids is 1. The number of ketones is 1. The highest BCUT2D eigenvalue weighted by atomic mass is 16.5. The molecule has 2 rings (SSSR count). The summed E-state index contributed by atoms with van der Waals surface area (Å²) in [5, 5.41) is 0. The minimum atomic E-state index is 0.0847. The van der Waals surface area contributed by atoms with Gasteiger partial charge in [0.15, 0.2) is 5.78 Å². The number of furan rings is 1. The first kappa shape index (κ1) is 13.4. The Morgan fingerprint density at radius 2 is 2.00 bits per heavy atom. The van der Waals surface area contributed by atoms with Crippen LogP contribution in [0.1, 0.15) is 35.7 Å². The molecule has 3 heteroatoms. The number of rotatable bonds is 7. The van der Waals surface area contributed by atoms with Gasteiger partial charge in [-0.1, -0.05) is 13.3 Å². The fourth-order valence-corrected chi connectivity index (χ4v) is 1.75. The SMILES string of the molecule is CCCCOc1ccc(C(=O)Cc2ccoc2)cc1. The lowest BCUT2D eigenvalue weighted by Crippen LogP contribution is -2.03. The molecule has 1 aromatic heterocycles. The number of unbranched alkanes of at least 4 members (excludes halogenated alkanes) is 1. The van der Waals surface area contributed by atoms with Crippen LogP contribution in [0.2, 0.25) is 0 Å². The fraction of sp³-hybridized carbons (Fsp3) is 0.312. The molecule has 0 unspecified atom stereocenters. The third kappa shape index (κ3) is 3.98. The lowest BCUT2D eigenvalue weighted by molar-refractivity contribution is 0.0992. The summed E-state index contributed by atoms with van der Waals surface area (Å²) in [7, 11) is 0. The zero-order chi connectivity index (χ0) is 13.5. The van der Waals surface area contributed by atoms with Crippen LogP contribution in [0.3, 0.4) is 0 Å². The fourth-order valence-electron chi connectivity index (χ4n) is 1.75. The Morgan fingerprint density at radius 3 is 2.63 bits per heavy atom. The molecule has 0 aliphatic heterocycles. The zero-order valence-electron chi connectivity index (χ0n) is 11.1. The van der Waals surface area contributed by atoms with Crippen molar-refractivity contribution in [3.05, 3.63) is 54.0 Å². The summed E-state index contributed by atoms with van der Waals surface area (Å²) in [6.07, 6.45) is 5.70. The van der Waals surface area contributed by atoms with Crippen LogP contribution >= 0.6 is 0 Å². The van der Waals surface area contributed by atoms with Crippen molar-refractivity contribution in [3.8, 4) is 5.75 Å². The molecule has 100 valence electrons. The van der Waals surface area contributed by atoms with Crippen LogP contribution in [0.25, 0.3) is 0 Å². The highest BCUT2D eigenvalue weighted by Crippen LogP contribution is 2.15. The van der Waals surface area contributed by atoms with E-state index in [0.717, 1.165) is 30.8 Å². The molecule has 1 aromatic carbocycles. The van der Waals surface area contributed by atoms with E-state index in [0.29, 0.717) is 12.0 Å². The van der Waals surface area contributed by atoms with Crippen LogP contribution in [0.15, 0.2) is 47.3 Å². The summed E-state index contributed by atoms with van der Waals surface area (Å²) >= 11 is 0. The Kier molecular flexibility index (Phi) is 4.78. The van der Waals surface area contributed by atoms with E-state index in [9.17, 15) is 4.79 Å². The zero-order valence-corrected chi connectivity index (χ0v) is 11.1. The molecule has 2 aromatic rings. The largest absolute Gasteiger partial charge is 0.494 e. The first-order valence-corrected chi connectivity index (χ1v) is 6.56. The molecule has 0 saturated carbocycles. The monoisotopic (exact) mass is 258 g/mol. The lowest BCUT2D eigenvalue weighted by atomic mass is 10.1. The van der Waals surface area contributed by atoms with E-state index < -0.39 is 0 Å². The third-order valence-electron chi connectivity index (χ3n) is 2.89. The highest BCUT2D eigenvalue weighted by molar-refractivity contribution is 5.97. The van der Waals surface area contributed by atoms with Gasteiger partial charge in [0, 0.05) is 12.0 Å². The van der Waals surface area contributed by atoms with Crippen LogP contribution in [-0.2, 0) is 6.42 Å². The van der Waals surface area contributed by atoms with E-state index in [1.165, 1.54) is 0 Å². The van der Waals surface area contributed by atoms with Gasteiger partial charge in [-0.15, -0.1) is 0 Å². The molecule has 0 amide bonds. The second kappa shape index (κ2) is 6.78. The van der Waals surface area contributed by atoms with Crippen molar-refractivity contribution in [1.29, 1.82) is 0 Å². The maximum absolute atomic E-state index is 12.0. The molecule has 0 atom stereocenters. The molecule has 0 N–H and O–H groups in total. The molecule has 0 radical (unpaired) electrons. The number of hydrogen-bond donors (Lipinski definition) is 0. The molecule has 0 saturated heterocycles. The van der Waals surface area contributed by atoms with Gasteiger partial charge in [-0.2, -0.15) is 0 Å². The first-order chi connectivity index (χ1) is 9.29. The Labute approximate surface area is 113 Å². The van der Waals surface area contributed by atoms with E-state index in [2.05, 4.69) is 6.92 Å². The Bertz CT molecular complexity index is 497. The van der Waals surface area contributed by atoms with Crippen LogP contribution < -0.4 is 4.74 Å². The van der Waals surface area contributed by atoms with E-state index in [-0.39, 0.29) is 5.78 Å². The predicted octanol–water partition coefficient (Wildman–Crippen LogP) is 3.88. The molecular weight excluding hydrogens is 240 g/mol. The molecule has 0 spiro atoms. The topological polar surface area (TPSA) is 39.4 Å². The van der Waals surface area contributed by atoms with Gasteiger partial charge in [0.05, 0.1) is 19.1 Å². The molecule has 3 nitrogen and oxygen atoms in total. The third-order valence-corrected chi connectivity index (χ3v) is 2.89. The number of Topliss-reactive ketones (excluding diaryl/α,β-unsaturated/α-hetero) is 1. The first-order valence-electron chi connectivity index (χ1n) is 6.56. The Balaban J connectivity index is 1.92. The smallest absolute Gasteiger partial charge is 0.167 e. The number of ether oxygens (including phenoxy) is 1. The number of carbonyl (C=O) groups is 1. The number of hydrogen-bond acceptors (Lipinski definition) is 3. The molecule has 0 bridgehead atoms. The molecule has 0 aliphatic rings. The van der Waals surface area contributed by atoms with Crippen molar-refractivity contribution in [2.75, 3.05) is 6.61 Å². The maximum atomic E-state index is 12.0. The van der Waals surface area contributed by atoms with Crippen molar-refractivity contribution in [2.45, 2.75) is 26.2 Å². The summed E-state index contributed by atoms with van der Waals surface area (Å²) in [6.45, 7) is 2.85. The maximum Gasteiger partial charge on any atom is 0.167 e. The molecule has 1 heterocycles. The summed E-state index contributed by atoms with van der Waals surface area (Å²) in [6, 6.07) is 9.12. The van der Waals surface area contributed by atoms with Crippen LogP contribution in [-0.4, -0.2) is 12.4 Å². The van der Waals surface area contributed by atoms with E-state index >= 15 is 0 Å². The summed E-state index contributed by atoms with van der Waals surface area (Å²) in [5.41, 5.74) is 1.59. The van der Waals surface area contributed by atoms with Gasteiger partial charge in [0.1, 0.15) is 5.75 Å². The van der Waals surface area contributed by atoms with Crippen LogP contribution in [0.4, 0.5) is 0 Å². The summed E-state index contributed by atoms with van der Waals surface area (Å²) < 4.78 is 10.5. The van der Waals surface area contributed by atoms with Crippen molar-refractivity contribution in [2.24, 2.45) is 0 Å². The van der Waals surface area contributed by atoms with Crippen molar-refractivity contribution in [3.63, 3.8) is 0 Å². The quantitative estimate of drug-likeness (QED) is 0.559. The van der Waals surface area contributed by atoms with Crippen molar-refractivity contribution >= 4 is 5.78 Å². The molecule has 0 fully saturated rings. The Hall–Kier alpha value is -2.03. The lowest BCUT2D eigenvalue weighted by Gasteiger charge is -2.06. The normalized spacial score (nSPS) is 10.4. The predicted molar refractivity (Wildman–Crippen MR) is 73.6 cm³/mol. The van der Waals surface area contributed by atoms with Crippen LogP contribution in [0, 0.1) is 0 Å². The van der Waals surface area contributed by atoms with Gasteiger partial charge in [0.25, 0.3) is 0 Å². The van der Waals surface area contributed by atoms with E-state index in [1.807, 2.05) is 24.3 Å². The standard InChI is InChI=1S/C16H18O3/c1-2-3-9-19-15-6-4-14(5-7-15)16(17)11-13-8-10-18-12-13/h4-8,10,12H,2-3,9,11H2,1H3. The average Bonchev–Trinajstić information content (AvgIpc) is 2.93. The van der Waals surface area contributed by atoms with E-state index in [4.69, 9.17) is 9.15 Å². The second-order valence-corrected chi connectivity index (χ2v) is 4.46. The van der Waals surface area contributed by atoms with Crippen molar-refractivity contribution in [1.82, 2.24) is 0 Å². The second-order valence-electron chi connectivity index (χ2n) is 4.46. The summed E-state index contributed by atoms with van der Waals surface area (Å²) in [4.78, 5) is 12.0. The van der Waals surface area contributed by atoms with E-state index in [1.54, 1.807) is 18.6 Å². The molecule has 19 heavy (non-hydrogen) atoms. The van der Waals surface area contributed by atoms with Gasteiger partial charge in [-0.3, -0.25) is 4.79 Å². The minimum absolute atomic E-state index is 0.0847. The van der Waals surface area contributed by atoms with Gasteiger partial charge >= 0.3 is 0 Å².